The van der Waals surface area contributed by atoms with E-state index in [0.29, 0.717) is 12.0 Å². The molecule has 0 unspecified atom stereocenters. The van der Waals surface area contributed by atoms with Crippen LogP contribution in [0.2, 0.25) is 0 Å². The highest BCUT2D eigenvalue weighted by Crippen LogP contribution is 2.38. The highest BCUT2D eigenvalue weighted by atomic mass is 32.2. The first-order chi connectivity index (χ1) is 26.9. The van der Waals surface area contributed by atoms with E-state index in [1.54, 1.807) is 6.20 Å². The summed E-state index contributed by atoms with van der Waals surface area (Å²) in [4.78, 5) is 33.1. The second-order valence-corrected chi connectivity index (χ2v) is 15.7. The number of carbonyl (C=O) groups is 1. The summed E-state index contributed by atoms with van der Waals surface area (Å²) in [5, 5.41) is 7.47. The largest absolute Gasteiger partial charge is 0.379 e. The smallest absolute Gasteiger partial charge is 0.266 e. The minimum atomic E-state index is -3.90. The molecule has 4 aromatic carbocycles. The third kappa shape index (κ3) is 7.72. The Morgan fingerprint density at radius 2 is 1.61 bits per heavy atom. The molecule has 3 heterocycles. The van der Waals surface area contributed by atoms with E-state index in [0.717, 1.165) is 42.8 Å². The van der Waals surface area contributed by atoms with Gasteiger partial charge in [0.2, 0.25) is 15.9 Å². The normalized spacial score (nSPS) is 15.6. The number of nitrogens with one attached hydrogen (secondary N) is 1. The monoisotopic (exact) mass is 786 g/mol. The van der Waals surface area contributed by atoms with Crippen LogP contribution in [0.1, 0.15) is 41.9 Å². The zero-order chi connectivity index (χ0) is 39.1. The van der Waals surface area contributed by atoms with Crippen molar-refractivity contribution in [3.05, 3.63) is 142 Å². The van der Waals surface area contributed by atoms with Crippen molar-refractivity contribution < 1.29 is 35.5 Å². The van der Waals surface area contributed by atoms with E-state index in [1.807, 2.05) is 6.07 Å². The molecule has 1 atom stereocenters. The Morgan fingerprint density at radius 1 is 0.875 bits per heavy atom. The van der Waals surface area contributed by atoms with E-state index in [-0.39, 0.29) is 83.3 Å². The molecule has 1 aliphatic carbocycles. The number of hydrogen-bond acceptors (Lipinski definition) is 7. The summed E-state index contributed by atoms with van der Waals surface area (Å²) in [7, 11) is -3.90. The molecule has 1 amide bonds. The molecule has 2 aromatic heterocycles. The third-order valence-electron chi connectivity index (χ3n) is 9.81. The number of hydrogen-bond donors (Lipinski definition) is 1. The fourth-order valence-electron chi connectivity index (χ4n) is 6.90. The molecule has 6 aromatic rings. The van der Waals surface area contributed by atoms with Crippen molar-refractivity contribution in [1.29, 1.82) is 0 Å². The molecular formula is C40H34F4N6O5S. The quantitative estimate of drug-likeness (QED) is 0.165. The van der Waals surface area contributed by atoms with Gasteiger partial charge in [-0.1, -0.05) is 6.07 Å². The van der Waals surface area contributed by atoms with Gasteiger partial charge in [-0.15, -0.1) is 0 Å². The van der Waals surface area contributed by atoms with E-state index >= 15 is 0 Å². The molecule has 16 heteroatoms. The van der Waals surface area contributed by atoms with Gasteiger partial charge in [-0.05, 0) is 90.7 Å². The molecule has 1 aliphatic heterocycles. The molecule has 0 radical (unpaired) electrons. The zero-order valence-corrected chi connectivity index (χ0v) is 30.5. The second-order valence-electron chi connectivity index (χ2n) is 13.8. The van der Waals surface area contributed by atoms with Gasteiger partial charge in [0.05, 0.1) is 46.4 Å². The van der Waals surface area contributed by atoms with Crippen molar-refractivity contribution in [1.82, 2.24) is 29.0 Å². The molecular weight excluding hydrogens is 753 g/mol. The fraction of sp³-hybridized carbons (Fsp3) is 0.250. The maximum Gasteiger partial charge on any atom is 0.266 e. The topological polar surface area (TPSA) is 128 Å². The summed E-state index contributed by atoms with van der Waals surface area (Å²) in [5.41, 5.74) is 0.953. The number of carbonyl (C=O) groups excluding carboxylic acids is 1. The van der Waals surface area contributed by atoms with Crippen LogP contribution in [0.5, 0.6) is 0 Å². The molecule has 2 aliphatic rings. The Bertz CT molecular complexity index is 2620. The van der Waals surface area contributed by atoms with Crippen molar-refractivity contribution in [2.24, 2.45) is 0 Å². The van der Waals surface area contributed by atoms with Gasteiger partial charge in [-0.25, -0.2) is 31.0 Å². The van der Waals surface area contributed by atoms with Crippen LogP contribution in [0.25, 0.3) is 27.7 Å². The van der Waals surface area contributed by atoms with Crippen LogP contribution >= 0.6 is 0 Å². The van der Waals surface area contributed by atoms with Crippen LogP contribution in [0.15, 0.2) is 101 Å². The van der Waals surface area contributed by atoms with Gasteiger partial charge in [0.15, 0.2) is 0 Å². The summed E-state index contributed by atoms with van der Waals surface area (Å²) >= 11 is 0. The minimum absolute atomic E-state index is 0.0256. The number of halogens is 4. The molecule has 2 fully saturated rings. The van der Waals surface area contributed by atoms with Crippen molar-refractivity contribution in [2.45, 2.75) is 42.7 Å². The third-order valence-corrected chi connectivity index (χ3v) is 11.7. The molecule has 56 heavy (non-hydrogen) atoms. The van der Waals surface area contributed by atoms with Crippen LogP contribution in [0, 0.1) is 23.3 Å². The maximum absolute atomic E-state index is 14.9. The first kappa shape index (κ1) is 37.2. The second kappa shape index (κ2) is 15.1. The van der Waals surface area contributed by atoms with Gasteiger partial charge in [0, 0.05) is 49.3 Å². The molecule has 1 saturated heterocycles. The van der Waals surface area contributed by atoms with Crippen LogP contribution in [-0.4, -0.2) is 64.3 Å². The number of ether oxygens (including phenoxy) is 1. The van der Waals surface area contributed by atoms with Gasteiger partial charge in [0.1, 0.15) is 35.6 Å². The van der Waals surface area contributed by atoms with Gasteiger partial charge in [-0.2, -0.15) is 9.40 Å². The van der Waals surface area contributed by atoms with Gasteiger partial charge >= 0.3 is 0 Å². The SMILES string of the molecule is O=C(Cn1ccc(C2CC2)n1)N[C@@H](Cc1cc(F)cc(F)c1)c1nc2cc(-c3ccc(F)cc3F)ccc2c(=O)n1-c1ccc(S(=O)(=O)N2CCOCC2)cc1. The predicted molar refractivity (Wildman–Crippen MR) is 197 cm³/mol. The Labute approximate surface area is 318 Å². The lowest BCUT2D eigenvalue weighted by Crippen LogP contribution is -2.40. The average Bonchev–Trinajstić information content (AvgIpc) is 3.92. The van der Waals surface area contributed by atoms with Crippen molar-refractivity contribution in [3.63, 3.8) is 0 Å². The number of morpholine rings is 1. The summed E-state index contributed by atoms with van der Waals surface area (Å²) < 4.78 is 93.9. The van der Waals surface area contributed by atoms with Gasteiger partial charge in [-0.3, -0.25) is 18.8 Å². The number of nitrogens with zero attached hydrogens (tertiary/aromatic N) is 5. The Morgan fingerprint density at radius 3 is 2.30 bits per heavy atom. The lowest BCUT2D eigenvalue weighted by Gasteiger charge is -2.26. The highest BCUT2D eigenvalue weighted by molar-refractivity contribution is 7.89. The molecule has 0 spiro atoms. The maximum atomic E-state index is 14.9. The van der Waals surface area contributed by atoms with Crippen molar-refractivity contribution in [3.8, 4) is 16.8 Å². The number of rotatable bonds is 11. The van der Waals surface area contributed by atoms with Crippen molar-refractivity contribution in [2.75, 3.05) is 26.3 Å². The Hall–Kier alpha value is -5.71. The molecule has 0 bridgehead atoms. The number of aromatic nitrogens is 4. The number of sulfonamides is 1. The molecule has 1 saturated carbocycles. The van der Waals surface area contributed by atoms with E-state index in [9.17, 15) is 35.6 Å². The number of benzene rings is 4. The zero-order valence-electron chi connectivity index (χ0n) is 29.7. The van der Waals surface area contributed by atoms with E-state index in [2.05, 4.69) is 10.4 Å². The first-order valence-corrected chi connectivity index (χ1v) is 19.3. The summed E-state index contributed by atoms with van der Waals surface area (Å²) in [6, 6.07) is 16.6. The van der Waals surface area contributed by atoms with Crippen LogP contribution in [-0.2, 0) is 32.5 Å². The van der Waals surface area contributed by atoms with Crippen molar-refractivity contribution >= 4 is 26.8 Å². The average molecular weight is 787 g/mol. The minimum Gasteiger partial charge on any atom is -0.379 e. The van der Waals surface area contributed by atoms with Gasteiger partial charge in [0.25, 0.3) is 5.56 Å². The van der Waals surface area contributed by atoms with Gasteiger partial charge < -0.3 is 10.1 Å². The van der Waals surface area contributed by atoms with E-state index in [1.165, 1.54) is 62.1 Å². The Balaban J connectivity index is 1.26. The fourth-order valence-corrected chi connectivity index (χ4v) is 8.31. The molecule has 288 valence electrons. The predicted octanol–water partition coefficient (Wildman–Crippen LogP) is 5.80. The summed E-state index contributed by atoms with van der Waals surface area (Å²) in [6.45, 7) is 0.626. The first-order valence-electron chi connectivity index (χ1n) is 17.9. The summed E-state index contributed by atoms with van der Waals surface area (Å²) in [6.07, 6.45) is 3.46. The molecule has 1 N–H and O–H groups in total. The highest BCUT2D eigenvalue weighted by Gasteiger charge is 2.29. The number of amides is 1. The summed E-state index contributed by atoms with van der Waals surface area (Å²) in [5.74, 6) is -3.61. The van der Waals surface area contributed by atoms with Crippen LogP contribution < -0.4 is 10.9 Å². The van der Waals surface area contributed by atoms with Crippen LogP contribution in [0.3, 0.4) is 0 Å². The lowest BCUT2D eigenvalue weighted by atomic mass is 10.0. The number of fused-ring (bicyclic) bond motifs is 1. The lowest BCUT2D eigenvalue weighted by molar-refractivity contribution is -0.122. The van der Waals surface area contributed by atoms with E-state index < -0.39 is 50.8 Å². The molecule has 11 nitrogen and oxygen atoms in total. The van der Waals surface area contributed by atoms with Crippen LogP contribution in [0.4, 0.5) is 17.6 Å². The standard InChI is InChI=1S/C40H34F4N6O5S/c41-27-4-10-32(34(44)22-27)26-3-9-33-36(20-26)46-39(50(40(33)52)30-5-7-31(8-6-30)56(53,54)49-13-15-55-16-14-49)37(19-24-17-28(42)21-29(43)18-24)45-38(51)23-48-12-11-35(47-48)25-1-2-25/h3-12,17-18,20-22,25,37H,1-2,13-16,19,23H2,(H,45,51)/t37-/m0/s1. The van der Waals surface area contributed by atoms with E-state index in [4.69, 9.17) is 9.72 Å². The Kier molecular flexibility index (Phi) is 10.0. The molecule has 8 rings (SSSR count).